The second kappa shape index (κ2) is 7.90. The van der Waals surface area contributed by atoms with E-state index in [2.05, 4.69) is 24.2 Å². The summed E-state index contributed by atoms with van der Waals surface area (Å²) in [6.45, 7) is 6.50. The topological polar surface area (TPSA) is 52.7 Å². The number of piperidine rings is 2. The molecule has 0 aromatic heterocycles. The Bertz CT molecular complexity index is 413. The Hall–Kier alpha value is -0.170. The molecule has 1 N–H and O–H groups in total. The highest BCUT2D eigenvalue weighted by molar-refractivity contribution is 7.89. The van der Waals surface area contributed by atoms with E-state index in [9.17, 15) is 8.42 Å². The molecule has 0 saturated carbocycles. The average Bonchev–Trinajstić information content (AvgIpc) is 2.47. The van der Waals surface area contributed by atoms with E-state index in [-0.39, 0.29) is 5.75 Å². The van der Waals surface area contributed by atoms with Crippen molar-refractivity contribution in [2.75, 3.05) is 45.5 Å². The summed E-state index contributed by atoms with van der Waals surface area (Å²) in [5.41, 5.74) is 0. The Morgan fingerprint density at radius 1 is 1.19 bits per heavy atom. The van der Waals surface area contributed by atoms with Crippen LogP contribution in [0.15, 0.2) is 0 Å². The van der Waals surface area contributed by atoms with E-state index in [1.165, 1.54) is 12.8 Å². The van der Waals surface area contributed by atoms with E-state index in [0.29, 0.717) is 24.9 Å². The van der Waals surface area contributed by atoms with Crippen LogP contribution in [0.1, 0.15) is 39.0 Å². The molecule has 6 heteroatoms. The van der Waals surface area contributed by atoms with Gasteiger partial charge in [0.25, 0.3) is 0 Å². The number of hydrogen-bond acceptors (Lipinski definition) is 4. The molecule has 5 nitrogen and oxygen atoms in total. The average molecular weight is 317 g/mol. The molecule has 2 aliphatic heterocycles. The van der Waals surface area contributed by atoms with Crippen LogP contribution in [0.5, 0.6) is 0 Å². The SMILES string of the molecule is CCCNCCCS(=O)(=O)N1CCC2C(CCCN2C)C1. The van der Waals surface area contributed by atoms with Crippen LogP contribution < -0.4 is 5.32 Å². The first-order chi connectivity index (χ1) is 10.0. The highest BCUT2D eigenvalue weighted by atomic mass is 32.2. The molecule has 2 heterocycles. The summed E-state index contributed by atoms with van der Waals surface area (Å²) in [5, 5.41) is 3.27. The van der Waals surface area contributed by atoms with Crippen LogP contribution in [0.3, 0.4) is 0 Å². The summed E-state index contributed by atoms with van der Waals surface area (Å²) < 4.78 is 26.7. The van der Waals surface area contributed by atoms with Gasteiger partial charge in [-0.05, 0) is 64.7 Å². The van der Waals surface area contributed by atoms with E-state index >= 15 is 0 Å². The zero-order valence-corrected chi connectivity index (χ0v) is 14.4. The first-order valence-electron chi connectivity index (χ1n) is 8.43. The molecule has 0 spiro atoms. The van der Waals surface area contributed by atoms with Gasteiger partial charge in [0.2, 0.25) is 10.0 Å². The van der Waals surface area contributed by atoms with Gasteiger partial charge in [-0.15, -0.1) is 0 Å². The molecular weight excluding hydrogens is 286 g/mol. The highest BCUT2D eigenvalue weighted by Crippen LogP contribution is 2.30. The van der Waals surface area contributed by atoms with Gasteiger partial charge < -0.3 is 10.2 Å². The number of nitrogens with one attached hydrogen (secondary N) is 1. The third-order valence-electron chi connectivity index (χ3n) is 4.88. The van der Waals surface area contributed by atoms with Gasteiger partial charge in [-0.1, -0.05) is 6.92 Å². The maximum absolute atomic E-state index is 12.5. The van der Waals surface area contributed by atoms with Crippen molar-refractivity contribution < 1.29 is 8.42 Å². The van der Waals surface area contributed by atoms with Crippen molar-refractivity contribution in [2.45, 2.75) is 45.1 Å². The monoisotopic (exact) mass is 317 g/mol. The predicted octanol–water partition coefficient (Wildman–Crippen LogP) is 1.12. The molecule has 2 saturated heterocycles. The van der Waals surface area contributed by atoms with Gasteiger partial charge >= 0.3 is 0 Å². The summed E-state index contributed by atoms with van der Waals surface area (Å²) in [6, 6.07) is 0.594. The van der Waals surface area contributed by atoms with Crippen LogP contribution in [-0.2, 0) is 10.0 Å². The molecule has 0 aliphatic carbocycles. The van der Waals surface area contributed by atoms with Crippen molar-refractivity contribution >= 4 is 10.0 Å². The van der Waals surface area contributed by atoms with Gasteiger partial charge in [-0.25, -0.2) is 12.7 Å². The van der Waals surface area contributed by atoms with Crippen LogP contribution in [0.2, 0.25) is 0 Å². The lowest BCUT2D eigenvalue weighted by Gasteiger charge is -2.45. The molecule has 2 rings (SSSR count). The molecule has 2 unspecified atom stereocenters. The molecule has 2 fully saturated rings. The number of rotatable bonds is 7. The van der Waals surface area contributed by atoms with Gasteiger partial charge in [-0.2, -0.15) is 0 Å². The van der Waals surface area contributed by atoms with Gasteiger partial charge in [0.05, 0.1) is 5.75 Å². The van der Waals surface area contributed by atoms with Crippen molar-refractivity contribution in [3.05, 3.63) is 0 Å². The van der Waals surface area contributed by atoms with Crippen LogP contribution in [-0.4, -0.2) is 69.2 Å². The number of sulfonamides is 1. The number of hydrogen-bond donors (Lipinski definition) is 1. The molecule has 2 aliphatic rings. The van der Waals surface area contributed by atoms with Crippen molar-refractivity contribution in [3.8, 4) is 0 Å². The van der Waals surface area contributed by atoms with Crippen molar-refractivity contribution in [1.29, 1.82) is 0 Å². The van der Waals surface area contributed by atoms with Crippen molar-refractivity contribution in [3.63, 3.8) is 0 Å². The molecule has 124 valence electrons. The fourth-order valence-electron chi connectivity index (χ4n) is 3.68. The molecule has 0 aromatic rings. The Balaban J connectivity index is 1.81. The largest absolute Gasteiger partial charge is 0.317 e. The molecule has 0 amide bonds. The zero-order valence-electron chi connectivity index (χ0n) is 13.6. The third-order valence-corrected chi connectivity index (χ3v) is 6.81. The standard InChI is InChI=1S/C15H31N3O2S/c1-3-8-16-9-5-12-21(19,20)18-11-7-15-14(13-18)6-4-10-17(15)2/h14-16H,3-13H2,1-2H3. The van der Waals surface area contributed by atoms with Gasteiger partial charge in [0.1, 0.15) is 0 Å². The molecule has 21 heavy (non-hydrogen) atoms. The summed E-state index contributed by atoms with van der Waals surface area (Å²) in [6.07, 6.45) is 5.18. The lowest BCUT2D eigenvalue weighted by Crippen LogP contribution is -2.54. The van der Waals surface area contributed by atoms with Crippen LogP contribution in [0.4, 0.5) is 0 Å². The van der Waals surface area contributed by atoms with Crippen LogP contribution in [0, 0.1) is 5.92 Å². The zero-order chi connectivity index (χ0) is 15.3. The minimum absolute atomic E-state index is 0.289. The van der Waals surface area contributed by atoms with E-state index in [4.69, 9.17) is 0 Å². The van der Waals surface area contributed by atoms with E-state index in [0.717, 1.165) is 39.0 Å². The normalized spacial score (nSPS) is 28.5. The Morgan fingerprint density at radius 2 is 2.00 bits per heavy atom. The molecule has 0 radical (unpaired) electrons. The quantitative estimate of drug-likeness (QED) is 0.715. The number of likely N-dealkylation sites (tertiary alicyclic amines) is 1. The molecular formula is C15H31N3O2S. The van der Waals surface area contributed by atoms with E-state index < -0.39 is 10.0 Å². The minimum Gasteiger partial charge on any atom is -0.317 e. The lowest BCUT2D eigenvalue weighted by molar-refractivity contribution is 0.0671. The number of fused-ring (bicyclic) bond motifs is 1. The summed E-state index contributed by atoms with van der Waals surface area (Å²) in [4.78, 5) is 2.42. The van der Waals surface area contributed by atoms with Gasteiger partial charge in [0.15, 0.2) is 0 Å². The summed E-state index contributed by atoms with van der Waals surface area (Å²) >= 11 is 0. The van der Waals surface area contributed by atoms with E-state index in [1.807, 2.05) is 0 Å². The first kappa shape index (κ1) is 17.2. The number of nitrogens with zero attached hydrogens (tertiary/aromatic N) is 2. The summed E-state index contributed by atoms with van der Waals surface area (Å²) in [7, 11) is -0.883. The Labute approximate surface area is 130 Å². The molecule has 0 bridgehead atoms. The second-order valence-corrected chi connectivity index (χ2v) is 8.60. The Morgan fingerprint density at radius 3 is 2.76 bits per heavy atom. The van der Waals surface area contributed by atoms with Crippen LogP contribution in [0.25, 0.3) is 0 Å². The molecule has 0 aromatic carbocycles. The minimum atomic E-state index is -3.06. The third kappa shape index (κ3) is 4.65. The molecule has 2 atom stereocenters. The second-order valence-electron chi connectivity index (χ2n) is 6.52. The lowest BCUT2D eigenvalue weighted by atomic mass is 9.85. The van der Waals surface area contributed by atoms with Gasteiger partial charge in [0, 0.05) is 19.1 Å². The van der Waals surface area contributed by atoms with Gasteiger partial charge in [-0.3, -0.25) is 0 Å². The van der Waals surface area contributed by atoms with E-state index in [1.54, 1.807) is 4.31 Å². The predicted molar refractivity (Wildman–Crippen MR) is 86.9 cm³/mol. The van der Waals surface area contributed by atoms with Crippen molar-refractivity contribution in [1.82, 2.24) is 14.5 Å². The first-order valence-corrected chi connectivity index (χ1v) is 10.0. The fourth-order valence-corrected chi connectivity index (χ4v) is 5.25. The smallest absolute Gasteiger partial charge is 0.214 e. The van der Waals surface area contributed by atoms with Crippen molar-refractivity contribution in [2.24, 2.45) is 5.92 Å². The maximum Gasteiger partial charge on any atom is 0.214 e. The Kier molecular flexibility index (Phi) is 6.47. The fraction of sp³-hybridized carbons (Fsp3) is 1.00. The van der Waals surface area contributed by atoms with Crippen LogP contribution >= 0.6 is 0 Å². The summed E-state index contributed by atoms with van der Waals surface area (Å²) in [5.74, 6) is 0.821. The maximum atomic E-state index is 12.5. The highest BCUT2D eigenvalue weighted by Gasteiger charge is 2.37.